The topological polar surface area (TPSA) is 76.6 Å². The Morgan fingerprint density at radius 2 is 1.78 bits per heavy atom. The molecule has 2 aromatic carbocycles. The average Bonchev–Trinajstić information content (AvgIpc) is 2.81. The molecule has 1 N–H and O–H groups in total. The van der Waals surface area contributed by atoms with Gasteiger partial charge in [-0.1, -0.05) is 46.9 Å². The molecule has 0 atom stereocenters. The zero-order valence-corrected chi connectivity index (χ0v) is 19.1. The number of hydrogen-bond acceptors (Lipinski definition) is 6. The zero-order chi connectivity index (χ0) is 22.5. The minimum Gasteiger partial charge on any atom is -0.482 e. The van der Waals surface area contributed by atoms with Crippen LogP contribution < -0.4 is 15.0 Å². The predicted molar refractivity (Wildman–Crippen MR) is 126 cm³/mol. The third-order valence-corrected chi connectivity index (χ3v) is 5.78. The van der Waals surface area contributed by atoms with Gasteiger partial charge in [0.1, 0.15) is 5.75 Å². The molecule has 2 heterocycles. The normalized spacial score (nSPS) is 13.7. The number of amides is 1. The maximum absolute atomic E-state index is 12.3. The minimum atomic E-state index is -0.349. The van der Waals surface area contributed by atoms with Crippen LogP contribution in [0, 0.1) is 0 Å². The molecule has 3 aromatic rings. The monoisotopic (exact) mass is 492 g/mol. The number of carbonyl (C=O) groups excluding carboxylic acids is 1. The number of rotatable bonds is 6. The molecule has 1 saturated heterocycles. The Labute approximate surface area is 200 Å². The van der Waals surface area contributed by atoms with Crippen LogP contribution in [0.15, 0.2) is 48.5 Å². The van der Waals surface area contributed by atoms with E-state index in [-0.39, 0.29) is 23.3 Å². The van der Waals surface area contributed by atoms with Crippen molar-refractivity contribution in [3.05, 3.63) is 63.6 Å². The molecule has 7 nitrogen and oxygen atoms in total. The van der Waals surface area contributed by atoms with E-state index < -0.39 is 0 Å². The maximum atomic E-state index is 12.3. The molecule has 0 saturated carbocycles. The number of anilines is 2. The van der Waals surface area contributed by atoms with Gasteiger partial charge in [0, 0.05) is 30.4 Å². The standard InChI is InChI=1S/C22H19Cl3N4O3/c23-16-11-18(25)20(12-17(16)24)32-13-22(30)26-15-3-1-2-14(10-15)19-4-5-21(28-27-19)29-6-8-31-9-7-29/h1-5,10-12H,6-9,13H2,(H,26,30). The van der Waals surface area contributed by atoms with Crippen LogP contribution in [-0.4, -0.2) is 49.0 Å². The number of carbonyl (C=O) groups is 1. The third-order valence-electron chi connectivity index (χ3n) is 4.76. The molecule has 1 aromatic heterocycles. The maximum Gasteiger partial charge on any atom is 0.262 e. The van der Waals surface area contributed by atoms with Gasteiger partial charge in [0.15, 0.2) is 12.4 Å². The van der Waals surface area contributed by atoms with Crippen molar-refractivity contribution in [2.24, 2.45) is 0 Å². The van der Waals surface area contributed by atoms with Crippen LogP contribution in [-0.2, 0) is 9.53 Å². The summed E-state index contributed by atoms with van der Waals surface area (Å²) in [6.45, 7) is 2.73. The average molecular weight is 494 g/mol. The number of halogens is 3. The summed E-state index contributed by atoms with van der Waals surface area (Å²) in [5, 5.41) is 12.3. The second-order valence-corrected chi connectivity index (χ2v) is 8.21. The lowest BCUT2D eigenvalue weighted by Crippen LogP contribution is -2.36. The molecule has 1 aliphatic rings. The molecule has 0 aliphatic carbocycles. The van der Waals surface area contributed by atoms with E-state index in [1.807, 2.05) is 30.3 Å². The lowest BCUT2D eigenvalue weighted by Gasteiger charge is -2.27. The highest BCUT2D eigenvalue weighted by atomic mass is 35.5. The highest BCUT2D eigenvalue weighted by molar-refractivity contribution is 6.43. The van der Waals surface area contributed by atoms with E-state index in [0.717, 1.165) is 24.5 Å². The van der Waals surface area contributed by atoms with Crippen molar-refractivity contribution in [3.8, 4) is 17.0 Å². The second kappa shape index (κ2) is 10.4. The lowest BCUT2D eigenvalue weighted by molar-refractivity contribution is -0.118. The van der Waals surface area contributed by atoms with Crippen molar-refractivity contribution in [2.45, 2.75) is 0 Å². The van der Waals surface area contributed by atoms with Gasteiger partial charge in [-0.2, -0.15) is 0 Å². The quantitative estimate of drug-likeness (QED) is 0.489. The number of aromatic nitrogens is 2. The molecule has 0 unspecified atom stereocenters. The van der Waals surface area contributed by atoms with Gasteiger partial charge in [-0.3, -0.25) is 4.79 Å². The van der Waals surface area contributed by atoms with Crippen molar-refractivity contribution in [1.29, 1.82) is 0 Å². The summed E-state index contributed by atoms with van der Waals surface area (Å²) in [5.41, 5.74) is 2.14. The van der Waals surface area contributed by atoms with Crippen LogP contribution in [0.25, 0.3) is 11.3 Å². The van der Waals surface area contributed by atoms with Crippen LogP contribution in [0.4, 0.5) is 11.5 Å². The van der Waals surface area contributed by atoms with Gasteiger partial charge >= 0.3 is 0 Å². The summed E-state index contributed by atoms with van der Waals surface area (Å²) in [5.74, 6) is 0.748. The Bertz CT molecular complexity index is 1110. The van der Waals surface area contributed by atoms with Gasteiger partial charge in [-0.15, -0.1) is 10.2 Å². The van der Waals surface area contributed by atoms with E-state index in [1.54, 1.807) is 6.07 Å². The second-order valence-electron chi connectivity index (χ2n) is 6.99. The molecule has 166 valence electrons. The van der Waals surface area contributed by atoms with Gasteiger partial charge in [-0.05, 0) is 30.3 Å². The van der Waals surface area contributed by atoms with E-state index in [1.165, 1.54) is 12.1 Å². The van der Waals surface area contributed by atoms with E-state index in [4.69, 9.17) is 44.3 Å². The summed E-state index contributed by atoms with van der Waals surface area (Å²) in [6.07, 6.45) is 0. The summed E-state index contributed by atoms with van der Waals surface area (Å²) < 4.78 is 10.8. The SMILES string of the molecule is O=C(COc1cc(Cl)c(Cl)cc1Cl)Nc1cccc(-c2ccc(N3CCOCC3)nn2)c1. The Hall–Kier alpha value is -2.58. The molecule has 10 heteroatoms. The molecule has 1 amide bonds. The van der Waals surface area contributed by atoms with E-state index in [9.17, 15) is 4.79 Å². The van der Waals surface area contributed by atoms with Crippen molar-refractivity contribution in [1.82, 2.24) is 10.2 Å². The van der Waals surface area contributed by atoms with E-state index in [2.05, 4.69) is 20.4 Å². The zero-order valence-electron chi connectivity index (χ0n) is 16.9. The van der Waals surface area contributed by atoms with Gasteiger partial charge in [0.25, 0.3) is 5.91 Å². The smallest absolute Gasteiger partial charge is 0.262 e. The number of nitrogens with zero attached hydrogens (tertiary/aromatic N) is 3. The summed E-state index contributed by atoms with van der Waals surface area (Å²) in [7, 11) is 0. The fraction of sp³-hybridized carbons (Fsp3) is 0.227. The predicted octanol–water partition coefficient (Wildman–Crippen LogP) is 4.96. The van der Waals surface area contributed by atoms with Crippen molar-refractivity contribution in [2.75, 3.05) is 43.1 Å². The largest absolute Gasteiger partial charge is 0.482 e. The Balaban J connectivity index is 1.38. The molecular weight excluding hydrogens is 475 g/mol. The van der Waals surface area contributed by atoms with Crippen LogP contribution >= 0.6 is 34.8 Å². The highest BCUT2D eigenvalue weighted by Gasteiger charge is 2.14. The number of morpholine rings is 1. The fourth-order valence-corrected chi connectivity index (χ4v) is 3.74. The number of ether oxygens (including phenoxy) is 2. The third kappa shape index (κ3) is 5.61. The van der Waals surface area contributed by atoms with Crippen LogP contribution in [0.3, 0.4) is 0 Å². The Morgan fingerprint density at radius 3 is 2.53 bits per heavy atom. The number of nitrogens with one attached hydrogen (secondary N) is 1. The molecule has 4 rings (SSSR count). The molecular formula is C22H19Cl3N4O3. The Kier molecular flexibility index (Phi) is 7.32. The minimum absolute atomic E-state index is 0.240. The summed E-state index contributed by atoms with van der Waals surface area (Å²) in [6, 6.07) is 14.1. The Morgan fingerprint density at radius 1 is 1.00 bits per heavy atom. The van der Waals surface area contributed by atoms with Crippen LogP contribution in [0.2, 0.25) is 15.1 Å². The molecule has 0 spiro atoms. The van der Waals surface area contributed by atoms with Crippen molar-refractivity contribution in [3.63, 3.8) is 0 Å². The van der Waals surface area contributed by atoms with Crippen molar-refractivity contribution >= 4 is 52.2 Å². The van der Waals surface area contributed by atoms with Gasteiger partial charge in [0.05, 0.1) is 34.0 Å². The van der Waals surface area contributed by atoms with Crippen LogP contribution in [0.1, 0.15) is 0 Å². The lowest BCUT2D eigenvalue weighted by atomic mass is 10.1. The molecule has 0 radical (unpaired) electrons. The van der Waals surface area contributed by atoms with Crippen LogP contribution in [0.5, 0.6) is 5.75 Å². The van der Waals surface area contributed by atoms with E-state index >= 15 is 0 Å². The summed E-state index contributed by atoms with van der Waals surface area (Å²) in [4.78, 5) is 14.5. The fourth-order valence-electron chi connectivity index (χ4n) is 3.15. The first-order valence-corrected chi connectivity index (χ1v) is 11.0. The highest BCUT2D eigenvalue weighted by Crippen LogP contribution is 2.33. The molecule has 1 fully saturated rings. The number of hydrogen-bond donors (Lipinski definition) is 1. The first kappa shape index (κ1) is 22.6. The molecule has 0 bridgehead atoms. The van der Waals surface area contributed by atoms with E-state index in [0.29, 0.717) is 34.6 Å². The molecule has 1 aliphatic heterocycles. The summed E-state index contributed by atoms with van der Waals surface area (Å²) >= 11 is 17.9. The van der Waals surface area contributed by atoms with Gasteiger partial charge < -0.3 is 19.7 Å². The van der Waals surface area contributed by atoms with Gasteiger partial charge in [0.2, 0.25) is 0 Å². The number of benzene rings is 2. The van der Waals surface area contributed by atoms with Crippen molar-refractivity contribution < 1.29 is 14.3 Å². The molecule has 32 heavy (non-hydrogen) atoms. The first-order valence-electron chi connectivity index (χ1n) is 9.83. The van der Waals surface area contributed by atoms with Gasteiger partial charge in [-0.25, -0.2) is 0 Å². The first-order chi connectivity index (χ1) is 15.5.